The first-order valence-electron chi connectivity index (χ1n) is 10.9. The van der Waals surface area contributed by atoms with Gasteiger partial charge in [-0.2, -0.15) is 0 Å². The molecule has 0 spiro atoms. The van der Waals surface area contributed by atoms with Crippen molar-refractivity contribution >= 4 is 11.9 Å². The number of aliphatic carboxylic acids is 2. The van der Waals surface area contributed by atoms with E-state index in [0.29, 0.717) is 23.5 Å². The SMILES string of the molecule is CCCCCCCCOc1cccc(C(C(=O)O)C(C)C)c1C(C(=O)O)C(C)C. The normalized spacial score (nSPS) is 13.5. The summed E-state index contributed by atoms with van der Waals surface area (Å²) in [5.41, 5.74) is 1.07. The number of benzene rings is 1. The van der Waals surface area contributed by atoms with Crippen molar-refractivity contribution in [1.29, 1.82) is 0 Å². The van der Waals surface area contributed by atoms with E-state index in [0.717, 1.165) is 12.8 Å². The number of hydrogen-bond acceptors (Lipinski definition) is 3. The highest BCUT2D eigenvalue weighted by atomic mass is 16.5. The van der Waals surface area contributed by atoms with Crippen LogP contribution in [0.15, 0.2) is 18.2 Å². The fraction of sp³-hybridized carbons (Fsp3) is 0.667. The summed E-state index contributed by atoms with van der Waals surface area (Å²) in [7, 11) is 0. The molecule has 1 aromatic rings. The van der Waals surface area contributed by atoms with E-state index in [4.69, 9.17) is 4.74 Å². The molecule has 2 atom stereocenters. The van der Waals surface area contributed by atoms with Crippen LogP contribution >= 0.6 is 0 Å². The van der Waals surface area contributed by atoms with Gasteiger partial charge in [-0.05, 0) is 29.9 Å². The minimum atomic E-state index is -0.954. The molecule has 0 heterocycles. The van der Waals surface area contributed by atoms with Crippen molar-refractivity contribution < 1.29 is 24.5 Å². The fourth-order valence-corrected chi connectivity index (χ4v) is 3.87. The van der Waals surface area contributed by atoms with Crippen LogP contribution in [0, 0.1) is 11.8 Å². The zero-order chi connectivity index (χ0) is 22.0. The van der Waals surface area contributed by atoms with Gasteiger partial charge in [-0.15, -0.1) is 0 Å². The number of carboxylic acid groups (broad SMARTS) is 2. The largest absolute Gasteiger partial charge is 0.493 e. The van der Waals surface area contributed by atoms with Crippen molar-refractivity contribution in [2.45, 2.75) is 85.0 Å². The monoisotopic (exact) mass is 406 g/mol. The molecule has 0 aliphatic heterocycles. The molecule has 1 rings (SSSR count). The molecule has 5 nitrogen and oxygen atoms in total. The molecule has 0 bridgehead atoms. The van der Waals surface area contributed by atoms with Crippen molar-refractivity contribution in [2.75, 3.05) is 6.61 Å². The molecular weight excluding hydrogens is 368 g/mol. The molecule has 0 aliphatic rings. The van der Waals surface area contributed by atoms with Crippen molar-refractivity contribution in [1.82, 2.24) is 0 Å². The van der Waals surface area contributed by atoms with Gasteiger partial charge in [-0.3, -0.25) is 9.59 Å². The summed E-state index contributed by atoms with van der Waals surface area (Å²) in [6.07, 6.45) is 6.82. The third-order valence-electron chi connectivity index (χ3n) is 5.37. The second kappa shape index (κ2) is 12.5. The number of unbranched alkanes of at least 4 members (excludes halogenated alkanes) is 5. The Morgan fingerprint density at radius 3 is 1.93 bits per heavy atom. The van der Waals surface area contributed by atoms with Gasteiger partial charge in [-0.25, -0.2) is 0 Å². The van der Waals surface area contributed by atoms with E-state index in [1.54, 1.807) is 18.2 Å². The summed E-state index contributed by atoms with van der Waals surface area (Å²) < 4.78 is 6.02. The van der Waals surface area contributed by atoms with Gasteiger partial charge in [0.2, 0.25) is 0 Å². The molecule has 0 fully saturated rings. The maximum Gasteiger partial charge on any atom is 0.311 e. The number of rotatable bonds is 14. The minimum absolute atomic E-state index is 0.165. The van der Waals surface area contributed by atoms with E-state index in [-0.39, 0.29) is 11.8 Å². The quantitative estimate of drug-likeness (QED) is 0.366. The van der Waals surface area contributed by atoms with Gasteiger partial charge in [0.1, 0.15) is 5.75 Å². The standard InChI is InChI=1S/C24H38O5/c1-6-7-8-9-10-11-15-29-19-14-12-13-18(20(16(2)3)23(25)26)22(19)21(17(4)5)24(27)28/h12-14,16-17,20-21H,6-11,15H2,1-5H3,(H,25,26)(H,27,28). The van der Waals surface area contributed by atoms with Crippen LogP contribution in [0.4, 0.5) is 0 Å². The lowest BCUT2D eigenvalue weighted by Crippen LogP contribution is -2.25. The summed E-state index contributed by atoms with van der Waals surface area (Å²) in [4.78, 5) is 24.0. The Morgan fingerprint density at radius 2 is 1.41 bits per heavy atom. The molecule has 2 unspecified atom stereocenters. The van der Waals surface area contributed by atoms with E-state index >= 15 is 0 Å². The Bertz CT molecular complexity index is 651. The molecule has 0 saturated carbocycles. The smallest absolute Gasteiger partial charge is 0.311 e. The van der Waals surface area contributed by atoms with Crippen LogP contribution in [0.5, 0.6) is 5.75 Å². The summed E-state index contributed by atoms with van der Waals surface area (Å²) in [5, 5.41) is 19.7. The van der Waals surface area contributed by atoms with Crippen molar-refractivity contribution in [2.24, 2.45) is 11.8 Å². The van der Waals surface area contributed by atoms with Gasteiger partial charge in [0.15, 0.2) is 0 Å². The molecule has 0 aromatic heterocycles. The lowest BCUT2D eigenvalue weighted by molar-refractivity contribution is -0.141. The maximum atomic E-state index is 12.1. The second-order valence-electron chi connectivity index (χ2n) is 8.50. The van der Waals surface area contributed by atoms with Gasteiger partial charge in [0.25, 0.3) is 0 Å². The highest BCUT2D eigenvalue weighted by Gasteiger charge is 2.35. The van der Waals surface area contributed by atoms with Crippen molar-refractivity contribution in [3.63, 3.8) is 0 Å². The lowest BCUT2D eigenvalue weighted by Gasteiger charge is -2.27. The molecule has 0 radical (unpaired) electrons. The first-order valence-corrected chi connectivity index (χ1v) is 10.9. The molecule has 0 amide bonds. The topological polar surface area (TPSA) is 83.8 Å². The Balaban J connectivity index is 3.19. The molecule has 29 heavy (non-hydrogen) atoms. The lowest BCUT2D eigenvalue weighted by atomic mass is 9.78. The zero-order valence-electron chi connectivity index (χ0n) is 18.6. The molecule has 0 aliphatic carbocycles. The third-order valence-corrected chi connectivity index (χ3v) is 5.37. The zero-order valence-corrected chi connectivity index (χ0v) is 18.6. The van der Waals surface area contributed by atoms with Crippen LogP contribution in [-0.2, 0) is 9.59 Å². The predicted octanol–water partition coefficient (Wildman–Crippen LogP) is 6.07. The van der Waals surface area contributed by atoms with Gasteiger partial charge in [-0.1, -0.05) is 78.9 Å². The second-order valence-corrected chi connectivity index (χ2v) is 8.50. The molecule has 5 heteroatoms. The Kier molecular flexibility index (Phi) is 10.8. The first-order chi connectivity index (χ1) is 13.7. The number of hydrogen-bond donors (Lipinski definition) is 2. The number of carbonyl (C=O) groups is 2. The Morgan fingerprint density at radius 1 is 0.862 bits per heavy atom. The van der Waals surface area contributed by atoms with Crippen molar-refractivity contribution in [3.8, 4) is 5.75 Å². The summed E-state index contributed by atoms with van der Waals surface area (Å²) in [5.74, 6) is -3.33. The van der Waals surface area contributed by atoms with Crippen LogP contribution in [-0.4, -0.2) is 28.8 Å². The first kappa shape index (κ1) is 25.0. The van der Waals surface area contributed by atoms with E-state index in [2.05, 4.69) is 6.92 Å². The van der Waals surface area contributed by atoms with E-state index in [1.165, 1.54) is 25.7 Å². The van der Waals surface area contributed by atoms with Gasteiger partial charge in [0, 0.05) is 5.56 Å². The van der Waals surface area contributed by atoms with Crippen molar-refractivity contribution in [3.05, 3.63) is 29.3 Å². The van der Waals surface area contributed by atoms with E-state index in [1.807, 2.05) is 27.7 Å². The van der Waals surface area contributed by atoms with Crippen LogP contribution in [0.1, 0.15) is 96.1 Å². The Hall–Kier alpha value is -2.04. The number of carboxylic acids is 2. The van der Waals surface area contributed by atoms with Crippen LogP contribution in [0.3, 0.4) is 0 Å². The van der Waals surface area contributed by atoms with Gasteiger partial charge in [0.05, 0.1) is 18.4 Å². The van der Waals surface area contributed by atoms with E-state index < -0.39 is 23.8 Å². The molecule has 2 N–H and O–H groups in total. The molecule has 1 aromatic carbocycles. The maximum absolute atomic E-state index is 12.1. The highest BCUT2D eigenvalue weighted by molar-refractivity contribution is 5.82. The highest BCUT2D eigenvalue weighted by Crippen LogP contribution is 2.40. The molecule has 0 saturated heterocycles. The Labute approximate surface area is 175 Å². The molecular formula is C24H38O5. The summed E-state index contributed by atoms with van der Waals surface area (Å²) in [6, 6.07) is 5.28. The molecule has 164 valence electrons. The van der Waals surface area contributed by atoms with Crippen LogP contribution in [0.25, 0.3) is 0 Å². The predicted molar refractivity (Wildman–Crippen MR) is 116 cm³/mol. The summed E-state index contributed by atoms with van der Waals surface area (Å²) in [6.45, 7) is 10.1. The van der Waals surface area contributed by atoms with Crippen LogP contribution in [0.2, 0.25) is 0 Å². The number of ether oxygens (including phenoxy) is 1. The van der Waals surface area contributed by atoms with E-state index in [9.17, 15) is 19.8 Å². The average Bonchev–Trinajstić information content (AvgIpc) is 2.61. The van der Waals surface area contributed by atoms with Gasteiger partial charge >= 0.3 is 11.9 Å². The van der Waals surface area contributed by atoms with Crippen LogP contribution < -0.4 is 4.74 Å². The fourth-order valence-electron chi connectivity index (χ4n) is 3.87. The summed E-state index contributed by atoms with van der Waals surface area (Å²) >= 11 is 0. The minimum Gasteiger partial charge on any atom is -0.493 e. The van der Waals surface area contributed by atoms with Gasteiger partial charge < -0.3 is 14.9 Å². The third kappa shape index (κ3) is 7.37. The average molecular weight is 407 g/mol.